The minimum Gasteiger partial charge on any atom is -0.337 e. The van der Waals surface area contributed by atoms with E-state index in [9.17, 15) is 22.4 Å². The molecule has 0 spiro atoms. The molecule has 11 heteroatoms. The summed E-state index contributed by atoms with van der Waals surface area (Å²) in [6.45, 7) is 4.49. The summed E-state index contributed by atoms with van der Waals surface area (Å²) in [5, 5.41) is 3.34. The highest BCUT2D eigenvalue weighted by molar-refractivity contribution is 7.89. The van der Waals surface area contributed by atoms with E-state index in [2.05, 4.69) is 10.0 Å². The summed E-state index contributed by atoms with van der Waals surface area (Å²) in [6, 6.07) is 9.20. The summed E-state index contributed by atoms with van der Waals surface area (Å²) in [4.78, 5) is 28.4. The summed E-state index contributed by atoms with van der Waals surface area (Å²) >= 11 is 5.86. The molecule has 1 fully saturated rings. The lowest BCUT2D eigenvalue weighted by Crippen LogP contribution is -2.39. The molecular weight excluding hydrogens is 471 g/mol. The SMILES string of the molecule is CC(C)NS(=O)(=O)c1ccc(F)c(C(=O)N2CCCN(C(=O)Nc3ccc(Cl)cc3)CC2)c1. The molecule has 0 unspecified atom stereocenters. The van der Waals surface area contributed by atoms with Gasteiger partial charge in [-0.05, 0) is 62.7 Å². The molecule has 0 saturated carbocycles. The van der Waals surface area contributed by atoms with Gasteiger partial charge in [0.05, 0.1) is 10.5 Å². The fraction of sp³-hybridized carbons (Fsp3) is 0.364. The molecule has 3 rings (SSSR count). The first-order valence-electron chi connectivity index (χ1n) is 10.5. The first-order valence-corrected chi connectivity index (χ1v) is 12.4. The monoisotopic (exact) mass is 496 g/mol. The number of benzene rings is 2. The largest absolute Gasteiger partial charge is 0.337 e. The highest BCUT2D eigenvalue weighted by Crippen LogP contribution is 2.19. The van der Waals surface area contributed by atoms with Crippen molar-refractivity contribution in [3.05, 3.63) is 58.9 Å². The molecule has 0 bridgehead atoms. The van der Waals surface area contributed by atoms with E-state index in [-0.39, 0.29) is 35.6 Å². The molecule has 0 aliphatic carbocycles. The summed E-state index contributed by atoms with van der Waals surface area (Å²) < 4.78 is 41.7. The normalized spacial score (nSPS) is 14.8. The maximum Gasteiger partial charge on any atom is 0.321 e. The first-order chi connectivity index (χ1) is 15.6. The molecule has 1 saturated heterocycles. The van der Waals surface area contributed by atoms with Crippen molar-refractivity contribution < 1.29 is 22.4 Å². The highest BCUT2D eigenvalue weighted by Gasteiger charge is 2.26. The van der Waals surface area contributed by atoms with E-state index >= 15 is 0 Å². The minimum absolute atomic E-state index is 0.181. The van der Waals surface area contributed by atoms with Crippen molar-refractivity contribution in [2.75, 3.05) is 31.5 Å². The van der Waals surface area contributed by atoms with Gasteiger partial charge >= 0.3 is 6.03 Å². The maximum atomic E-state index is 14.5. The van der Waals surface area contributed by atoms with Crippen molar-refractivity contribution >= 4 is 39.2 Å². The minimum atomic E-state index is -3.88. The lowest BCUT2D eigenvalue weighted by molar-refractivity contribution is 0.0757. The number of amides is 3. The van der Waals surface area contributed by atoms with E-state index in [4.69, 9.17) is 11.6 Å². The van der Waals surface area contributed by atoms with Crippen LogP contribution in [0.3, 0.4) is 0 Å². The topological polar surface area (TPSA) is 98.8 Å². The van der Waals surface area contributed by atoms with Crippen molar-refractivity contribution in [1.82, 2.24) is 14.5 Å². The zero-order valence-electron chi connectivity index (χ0n) is 18.3. The fourth-order valence-corrected chi connectivity index (χ4v) is 4.85. The number of halogens is 2. The van der Waals surface area contributed by atoms with Crippen LogP contribution in [0.25, 0.3) is 0 Å². The second-order valence-electron chi connectivity index (χ2n) is 7.99. The molecule has 2 aromatic rings. The van der Waals surface area contributed by atoms with Crippen LogP contribution < -0.4 is 10.0 Å². The van der Waals surface area contributed by atoms with E-state index in [1.54, 1.807) is 43.0 Å². The van der Waals surface area contributed by atoms with Crippen molar-refractivity contribution in [3.63, 3.8) is 0 Å². The number of sulfonamides is 1. The smallest absolute Gasteiger partial charge is 0.321 e. The number of nitrogens with one attached hydrogen (secondary N) is 2. The lowest BCUT2D eigenvalue weighted by Gasteiger charge is -2.23. The second kappa shape index (κ2) is 10.5. The van der Waals surface area contributed by atoms with Crippen LogP contribution in [0.5, 0.6) is 0 Å². The molecule has 0 radical (unpaired) electrons. The number of carbonyl (C=O) groups is 2. The molecule has 3 amide bonds. The molecule has 2 aromatic carbocycles. The van der Waals surface area contributed by atoms with E-state index in [1.165, 1.54) is 4.90 Å². The number of hydrogen-bond acceptors (Lipinski definition) is 4. The Balaban J connectivity index is 1.69. The zero-order valence-corrected chi connectivity index (χ0v) is 19.9. The number of carbonyl (C=O) groups excluding carboxylic acids is 2. The van der Waals surface area contributed by atoms with Crippen LogP contribution in [-0.2, 0) is 10.0 Å². The predicted molar refractivity (Wildman–Crippen MR) is 124 cm³/mol. The van der Waals surface area contributed by atoms with Crippen LogP contribution in [0, 0.1) is 5.82 Å². The van der Waals surface area contributed by atoms with Gasteiger partial charge in [0.2, 0.25) is 10.0 Å². The molecule has 8 nitrogen and oxygen atoms in total. The Morgan fingerprint density at radius 3 is 2.30 bits per heavy atom. The molecule has 1 heterocycles. The van der Waals surface area contributed by atoms with Gasteiger partial charge < -0.3 is 15.1 Å². The molecule has 178 valence electrons. The van der Waals surface area contributed by atoms with E-state index in [1.807, 2.05) is 0 Å². The Bertz CT molecular complexity index is 1130. The number of urea groups is 1. The number of hydrogen-bond donors (Lipinski definition) is 2. The second-order valence-corrected chi connectivity index (χ2v) is 10.1. The predicted octanol–water partition coefficient (Wildman–Crippen LogP) is 3.55. The molecule has 0 atom stereocenters. The van der Waals surface area contributed by atoms with Gasteiger partial charge in [0, 0.05) is 42.9 Å². The Morgan fingerprint density at radius 1 is 1.00 bits per heavy atom. The van der Waals surface area contributed by atoms with Crippen LogP contribution in [-0.4, -0.2) is 62.4 Å². The van der Waals surface area contributed by atoms with Gasteiger partial charge in [-0.25, -0.2) is 22.3 Å². The van der Waals surface area contributed by atoms with Crippen molar-refractivity contribution in [1.29, 1.82) is 0 Å². The van der Waals surface area contributed by atoms with Crippen LogP contribution in [0.4, 0.5) is 14.9 Å². The fourth-order valence-electron chi connectivity index (χ4n) is 3.44. The molecule has 33 heavy (non-hydrogen) atoms. The van der Waals surface area contributed by atoms with Gasteiger partial charge in [0.1, 0.15) is 5.82 Å². The van der Waals surface area contributed by atoms with E-state index in [0.717, 1.165) is 18.2 Å². The summed E-state index contributed by atoms with van der Waals surface area (Å²) in [5.41, 5.74) is 0.275. The number of rotatable bonds is 5. The van der Waals surface area contributed by atoms with Gasteiger partial charge in [-0.15, -0.1) is 0 Å². The number of nitrogens with zero attached hydrogens (tertiary/aromatic N) is 2. The van der Waals surface area contributed by atoms with Crippen LogP contribution in [0.2, 0.25) is 5.02 Å². The van der Waals surface area contributed by atoms with Crippen LogP contribution >= 0.6 is 11.6 Å². The third kappa shape index (κ3) is 6.43. The third-order valence-corrected chi connectivity index (χ3v) is 6.94. The molecule has 1 aliphatic heterocycles. The standard InChI is InChI=1S/C22H26ClFN4O4S/c1-15(2)26-33(31,32)18-8-9-20(24)19(14-18)21(29)27-10-3-11-28(13-12-27)22(30)25-17-6-4-16(23)5-7-17/h4-9,14-15,26H,3,10-13H2,1-2H3,(H,25,30). The molecule has 0 aromatic heterocycles. The van der Waals surface area contributed by atoms with Gasteiger partial charge in [-0.1, -0.05) is 11.6 Å². The Hall–Kier alpha value is -2.69. The Kier molecular flexibility index (Phi) is 7.93. The van der Waals surface area contributed by atoms with Crippen molar-refractivity contribution in [2.45, 2.75) is 31.2 Å². The zero-order chi connectivity index (χ0) is 24.2. The van der Waals surface area contributed by atoms with Crippen molar-refractivity contribution in [2.24, 2.45) is 0 Å². The van der Waals surface area contributed by atoms with E-state index < -0.39 is 21.7 Å². The average molecular weight is 497 g/mol. The summed E-state index contributed by atoms with van der Waals surface area (Å²) in [7, 11) is -3.88. The van der Waals surface area contributed by atoms with Crippen LogP contribution in [0.1, 0.15) is 30.6 Å². The Labute approximate surface area is 197 Å². The molecule has 1 aliphatic rings. The quantitative estimate of drug-likeness (QED) is 0.661. The highest BCUT2D eigenvalue weighted by atomic mass is 35.5. The first kappa shape index (κ1) is 24.9. The molecular formula is C22H26ClFN4O4S. The van der Waals surface area contributed by atoms with Gasteiger partial charge in [0.15, 0.2) is 0 Å². The third-order valence-electron chi connectivity index (χ3n) is 5.04. The Morgan fingerprint density at radius 2 is 1.64 bits per heavy atom. The summed E-state index contributed by atoms with van der Waals surface area (Å²) in [5.74, 6) is -1.42. The average Bonchev–Trinajstić information content (AvgIpc) is 3.00. The van der Waals surface area contributed by atoms with Crippen LogP contribution in [0.15, 0.2) is 47.4 Å². The van der Waals surface area contributed by atoms with Gasteiger partial charge in [-0.3, -0.25) is 4.79 Å². The van der Waals surface area contributed by atoms with Gasteiger partial charge in [0.25, 0.3) is 5.91 Å². The lowest BCUT2D eigenvalue weighted by atomic mass is 10.2. The van der Waals surface area contributed by atoms with E-state index in [0.29, 0.717) is 30.2 Å². The maximum absolute atomic E-state index is 14.5. The van der Waals surface area contributed by atoms with Gasteiger partial charge in [-0.2, -0.15) is 0 Å². The van der Waals surface area contributed by atoms with Crippen molar-refractivity contribution in [3.8, 4) is 0 Å². The number of anilines is 1. The summed E-state index contributed by atoms with van der Waals surface area (Å²) in [6.07, 6.45) is 0.494. The molecule has 2 N–H and O–H groups in total.